The van der Waals surface area contributed by atoms with E-state index in [1.54, 1.807) is 36.4 Å². The fraction of sp³-hybridized carbons (Fsp3) is 0.0370. The van der Waals surface area contributed by atoms with Gasteiger partial charge >= 0.3 is 5.97 Å². The number of hydrogen-bond donors (Lipinski definition) is 1. The summed E-state index contributed by atoms with van der Waals surface area (Å²) in [4.78, 5) is 11.0. The fourth-order valence-corrected chi connectivity index (χ4v) is 3.45. The fourth-order valence-electron chi connectivity index (χ4n) is 3.45. The van der Waals surface area contributed by atoms with Crippen LogP contribution in [-0.2, 0) is 6.61 Å². The Hall–Kier alpha value is -4.43. The summed E-state index contributed by atoms with van der Waals surface area (Å²) in [6.07, 6.45) is 1.64. The third-order valence-electron chi connectivity index (χ3n) is 5.10. The number of carboxylic acids is 1. The first-order valence-corrected chi connectivity index (χ1v) is 9.90. The molecule has 0 saturated carbocycles. The van der Waals surface area contributed by atoms with Gasteiger partial charge in [0.15, 0.2) is 0 Å². The molecule has 32 heavy (non-hydrogen) atoms. The Kier molecular flexibility index (Phi) is 5.96. The lowest BCUT2D eigenvalue weighted by atomic mass is 9.98. The van der Waals surface area contributed by atoms with Crippen LogP contribution in [0.25, 0.3) is 22.4 Å². The molecule has 0 aliphatic heterocycles. The van der Waals surface area contributed by atoms with Crippen LogP contribution < -0.4 is 4.74 Å². The van der Waals surface area contributed by atoms with Gasteiger partial charge in [-0.25, -0.2) is 9.18 Å². The van der Waals surface area contributed by atoms with Gasteiger partial charge in [-0.05, 0) is 46.7 Å². The topological polar surface area (TPSA) is 70.3 Å². The van der Waals surface area contributed by atoms with Crippen molar-refractivity contribution in [3.8, 4) is 11.8 Å². The van der Waals surface area contributed by atoms with E-state index in [-0.39, 0.29) is 23.3 Å². The molecule has 4 aromatic rings. The average molecular weight is 423 g/mol. The number of allylic oxidation sites excluding steroid dienone is 1. The summed E-state index contributed by atoms with van der Waals surface area (Å²) in [5, 5.41) is 20.6. The third-order valence-corrected chi connectivity index (χ3v) is 5.10. The van der Waals surface area contributed by atoms with E-state index in [4.69, 9.17) is 9.84 Å². The Balaban J connectivity index is 1.75. The highest BCUT2D eigenvalue weighted by Crippen LogP contribution is 2.33. The van der Waals surface area contributed by atoms with Crippen molar-refractivity contribution in [1.29, 1.82) is 5.26 Å². The summed E-state index contributed by atoms with van der Waals surface area (Å²) in [6.45, 7) is 0.209. The van der Waals surface area contributed by atoms with Crippen molar-refractivity contribution >= 4 is 28.4 Å². The SMILES string of the molecule is N#C/C(=C/c1c(OCc2ccc(C(=O)O)cc2)ccc2ccccc12)c1ccccc1F. The summed E-state index contributed by atoms with van der Waals surface area (Å²) in [5.41, 5.74) is 2.08. The van der Waals surface area contributed by atoms with Gasteiger partial charge < -0.3 is 9.84 Å². The normalized spacial score (nSPS) is 11.2. The van der Waals surface area contributed by atoms with E-state index >= 15 is 0 Å². The summed E-state index contributed by atoms with van der Waals surface area (Å²) < 4.78 is 20.4. The lowest BCUT2D eigenvalue weighted by molar-refractivity contribution is 0.0697. The molecule has 0 unspecified atom stereocenters. The molecule has 0 aromatic heterocycles. The minimum absolute atomic E-state index is 0.190. The number of nitrogens with zero attached hydrogens (tertiary/aromatic N) is 1. The van der Waals surface area contributed by atoms with Crippen molar-refractivity contribution in [3.05, 3.63) is 113 Å². The minimum Gasteiger partial charge on any atom is -0.488 e. The number of rotatable bonds is 6. The molecule has 0 saturated heterocycles. The summed E-state index contributed by atoms with van der Waals surface area (Å²) in [7, 11) is 0. The summed E-state index contributed by atoms with van der Waals surface area (Å²) in [6, 6.07) is 26.1. The van der Waals surface area contributed by atoms with Crippen LogP contribution in [0.2, 0.25) is 0 Å². The van der Waals surface area contributed by atoms with E-state index in [2.05, 4.69) is 6.07 Å². The predicted molar refractivity (Wildman–Crippen MR) is 122 cm³/mol. The van der Waals surface area contributed by atoms with E-state index in [1.807, 2.05) is 36.4 Å². The molecule has 0 atom stereocenters. The van der Waals surface area contributed by atoms with Gasteiger partial charge in [-0.15, -0.1) is 0 Å². The van der Waals surface area contributed by atoms with Crippen molar-refractivity contribution in [2.75, 3.05) is 0 Å². The average Bonchev–Trinajstić information content (AvgIpc) is 2.82. The zero-order valence-electron chi connectivity index (χ0n) is 17.0. The number of fused-ring (bicyclic) bond motifs is 1. The second kappa shape index (κ2) is 9.15. The summed E-state index contributed by atoms with van der Waals surface area (Å²) in [5.74, 6) is -0.923. The number of benzene rings is 4. The number of aromatic carboxylic acids is 1. The maximum Gasteiger partial charge on any atom is 0.335 e. The molecule has 0 heterocycles. The Morgan fingerprint density at radius 3 is 2.41 bits per heavy atom. The molecule has 0 aliphatic carbocycles. The van der Waals surface area contributed by atoms with Crippen LogP contribution in [-0.4, -0.2) is 11.1 Å². The zero-order valence-corrected chi connectivity index (χ0v) is 17.0. The van der Waals surface area contributed by atoms with Crippen LogP contribution >= 0.6 is 0 Å². The molecule has 4 nitrogen and oxygen atoms in total. The highest BCUT2D eigenvalue weighted by atomic mass is 19.1. The smallest absolute Gasteiger partial charge is 0.335 e. The van der Waals surface area contributed by atoms with Gasteiger partial charge in [0.1, 0.15) is 18.2 Å². The monoisotopic (exact) mass is 423 g/mol. The molecule has 1 N–H and O–H groups in total. The zero-order chi connectivity index (χ0) is 22.5. The van der Waals surface area contributed by atoms with Crippen molar-refractivity contribution < 1.29 is 19.0 Å². The van der Waals surface area contributed by atoms with Crippen molar-refractivity contribution in [2.45, 2.75) is 6.61 Å². The van der Waals surface area contributed by atoms with E-state index in [1.165, 1.54) is 18.2 Å². The molecule has 0 fully saturated rings. The predicted octanol–water partition coefficient (Wildman–Crippen LogP) is 6.32. The van der Waals surface area contributed by atoms with Gasteiger partial charge in [-0.2, -0.15) is 5.26 Å². The second-order valence-electron chi connectivity index (χ2n) is 7.14. The molecule has 0 bridgehead atoms. The molecule has 0 amide bonds. The van der Waals surface area contributed by atoms with E-state index in [0.717, 1.165) is 16.3 Å². The minimum atomic E-state index is -0.989. The van der Waals surface area contributed by atoms with Crippen molar-refractivity contribution in [2.24, 2.45) is 0 Å². The number of nitriles is 1. The van der Waals surface area contributed by atoms with Gasteiger partial charge in [0, 0.05) is 11.1 Å². The first-order chi connectivity index (χ1) is 15.6. The molecule has 156 valence electrons. The van der Waals surface area contributed by atoms with E-state index in [0.29, 0.717) is 11.3 Å². The highest BCUT2D eigenvalue weighted by molar-refractivity contribution is 6.00. The van der Waals surface area contributed by atoms with Crippen LogP contribution in [0, 0.1) is 17.1 Å². The molecule has 0 spiro atoms. The first-order valence-electron chi connectivity index (χ1n) is 9.90. The number of carboxylic acid groups (broad SMARTS) is 1. The molecular formula is C27H18FNO3. The van der Waals surface area contributed by atoms with Gasteiger partial charge in [-0.1, -0.05) is 60.7 Å². The molecule has 0 radical (unpaired) electrons. The number of halogens is 1. The maximum absolute atomic E-state index is 14.3. The highest BCUT2D eigenvalue weighted by Gasteiger charge is 2.12. The molecular weight excluding hydrogens is 405 g/mol. The van der Waals surface area contributed by atoms with Crippen LogP contribution in [0.5, 0.6) is 5.75 Å². The molecule has 5 heteroatoms. The lowest BCUT2D eigenvalue weighted by Gasteiger charge is -2.13. The van der Waals surface area contributed by atoms with Crippen molar-refractivity contribution in [3.63, 3.8) is 0 Å². The third kappa shape index (κ3) is 4.35. The first kappa shape index (κ1) is 20.8. The second-order valence-corrected chi connectivity index (χ2v) is 7.14. The number of carbonyl (C=O) groups is 1. The Labute approximate surface area is 184 Å². The largest absolute Gasteiger partial charge is 0.488 e. The van der Waals surface area contributed by atoms with Gasteiger partial charge in [0.25, 0.3) is 0 Å². The molecule has 4 aromatic carbocycles. The van der Waals surface area contributed by atoms with E-state index < -0.39 is 11.8 Å². The molecule has 0 aliphatic rings. The number of ether oxygens (including phenoxy) is 1. The van der Waals surface area contributed by atoms with Crippen molar-refractivity contribution in [1.82, 2.24) is 0 Å². The van der Waals surface area contributed by atoms with Crippen LogP contribution in [0.4, 0.5) is 4.39 Å². The Bertz CT molecular complexity index is 1370. The van der Waals surface area contributed by atoms with Gasteiger partial charge in [0.2, 0.25) is 0 Å². The van der Waals surface area contributed by atoms with E-state index in [9.17, 15) is 14.4 Å². The Morgan fingerprint density at radius 1 is 0.969 bits per heavy atom. The standard InChI is InChI=1S/C27H18FNO3/c28-25-8-4-3-7-23(25)21(16-29)15-24-22-6-2-1-5-19(22)13-14-26(24)32-17-18-9-11-20(12-10-18)27(30)31/h1-15H,17H2,(H,30,31)/b21-15-. The summed E-state index contributed by atoms with van der Waals surface area (Å²) >= 11 is 0. The van der Waals surface area contributed by atoms with Gasteiger partial charge in [-0.3, -0.25) is 0 Å². The Morgan fingerprint density at radius 2 is 1.69 bits per heavy atom. The maximum atomic E-state index is 14.3. The lowest BCUT2D eigenvalue weighted by Crippen LogP contribution is -2.00. The molecule has 4 rings (SSSR count). The van der Waals surface area contributed by atoms with Crippen LogP contribution in [0.3, 0.4) is 0 Å². The number of hydrogen-bond acceptors (Lipinski definition) is 3. The van der Waals surface area contributed by atoms with Crippen LogP contribution in [0.1, 0.15) is 27.0 Å². The van der Waals surface area contributed by atoms with Crippen LogP contribution in [0.15, 0.2) is 84.9 Å². The van der Waals surface area contributed by atoms with Gasteiger partial charge in [0.05, 0.1) is 17.2 Å². The quantitative estimate of drug-likeness (QED) is 0.291.